The Labute approximate surface area is 167 Å². The van der Waals surface area contributed by atoms with Gasteiger partial charge in [-0.2, -0.15) is 0 Å². The van der Waals surface area contributed by atoms with Crippen molar-refractivity contribution in [2.45, 2.75) is 6.92 Å². The lowest BCUT2D eigenvalue weighted by Crippen LogP contribution is -2.15. The molecule has 3 rings (SSSR count). The van der Waals surface area contributed by atoms with Crippen LogP contribution in [0, 0.1) is 0 Å². The molecule has 1 amide bonds. The van der Waals surface area contributed by atoms with Crippen LogP contribution in [0.15, 0.2) is 60.7 Å². The van der Waals surface area contributed by atoms with Crippen LogP contribution in [0.4, 0.5) is 17.2 Å². The summed E-state index contributed by atoms with van der Waals surface area (Å²) < 4.78 is 10.2. The van der Waals surface area contributed by atoms with Gasteiger partial charge in [0.05, 0.1) is 25.0 Å². The van der Waals surface area contributed by atoms with Crippen molar-refractivity contribution in [2.75, 3.05) is 24.4 Å². The summed E-state index contributed by atoms with van der Waals surface area (Å²) in [5.41, 5.74) is 1.77. The number of nitrogens with one attached hydrogen (secondary N) is 2. The van der Waals surface area contributed by atoms with E-state index in [9.17, 15) is 9.59 Å². The van der Waals surface area contributed by atoms with Crippen molar-refractivity contribution in [3.05, 3.63) is 71.9 Å². The van der Waals surface area contributed by atoms with Crippen molar-refractivity contribution in [3.8, 4) is 5.75 Å². The standard InChI is InChI=1S/C21H20N4O4/c1-3-29-18-10-5-4-9-16(18)23-20(26)17-11-12-19(25-24-17)22-15-8-6-7-14(13-15)21(27)28-2/h4-13H,3H2,1-2H3,(H,22,25)(H,23,26). The monoisotopic (exact) mass is 392 g/mol. The van der Waals surface area contributed by atoms with E-state index in [1.165, 1.54) is 7.11 Å². The number of methoxy groups -OCH3 is 1. The zero-order valence-electron chi connectivity index (χ0n) is 16.0. The van der Waals surface area contributed by atoms with E-state index in [1.54, 1.807) is 54.6 Å². The molecular formula is C21H20N4O4. The molecule has 8 nitrogen and oxygen atoms in total. The summed E-state index contributed by atoms with van der Waals surface area (Å²) in [6, 6.07) is 17.1. The number of ether oxygens (including phenoxy) is 2. The van der Waals surface area contributed by atoms with Crippen LogP contribution >= 0.6 is 0 Å². The third-order valence-electron chi connectivity index (χ3n) is 3.89. The minimum absolute atomic E-state index is 0.158. The Kier molecular flexibility index (Phi) is 6.36. The molecule has 2 aromatic carbocycles. The van der Waals surface area contributed by atoms with E-state index in [4.69, 9.17) is 9.47 Å². The van der Waals surface area contributed by atoms with Crippen molar-refractivity contribution in [1.29, 1.82) is 0 Å². The second-order valence-corrected chi connectivity index (χ2v) is 5.88. The Morgan fingerprint density at radius 1 is 1.00 bits per heavy atom. The van der Waals surface area contributed by atoms with E-state index in [0.717, 1.165) is 0 Å². The Balaban J connectivity index is 1.69. The average Bonchev–Trinajstić information content (AvgIpc) is 2.75. The van der Waals surface area contributed by atoms with Gasteiger partial charge in [-0.15, -0.1) is 10.2 Å². The highest BCUT2D eigenvalue weighted by Crippen LogP contribution is 2.24. The number of amides is 1. The molecule has 0 saturated carbocycles. The van der Waals surface area contributed by atoms with Crippen LogP contribution in [0.2, 0.25) is 0 Å². The highest BCUT2D eigenvalue weighted by Gasteiger charge is 2.12. The first kappa shape index (κ1) is 19.8. The SMILES string of the molecule is CCOc1ccccc1NC(=O)c1ccc(Nc2cccc(C(=O)OC)c2)nn1. The number of nitrogens with zero attached hydrogens (tertiary/aromatic N) is 2. The maximum absolute atomic E-state index is 12.5. The summed E-state index contributed by atoms with van der Waals surface area (Å²) in [5, 5.41) is 13.8. The molecule has 0 unspecified atom stereocenters. The number of carbonyl (C=O) groups is 2. The van der Waals surface area contributed by atoms with Crippen LogP contribution in [-0.4, -0.2) is 35.8 Å². The molecular weight excluding hydrogens is 372 g/mol. The molecule has 0 fully saturated rings. The number of hydrogen-bond donors (Lipinski definition) is 2. The number of anilines is 3. The summed E-state index contributed by atoms with van der Waals surface area (Å²) in [6.07, 6.45) is 0. The number of para-hydroxylation sites is 2. The highest BCUT2D eigenvalue weighted by molar-refractivity contribution is 6.03. The summed E-state index contributed by atoms with van der Waals surface area (Å²) in [4.78, 5) is 24.1. The first-order valence-electron chi connectivity index (χ1n) is 8.93. The predicted octanol–water partition coefficient (Wildman–Crippen LogP) is 3.66. The van der Waals surface area contributed by atoms with E-state index in [1.807, 2.05) is 13.0 Å². The molecule has 0 aliphatic heterocycles. The largest absolute Gasteiger partial charge is 0.492 e. The van der Waals surface area contributed by atoms with E-state index in [0.29, 0.717) is 35.1 Å². The molecule has 29 heavy (non-hydrogen) atoms. The summed E-state index contributed by atoms with van der Waals surface area (Å²) in [7, 11) is 1.32. The first-order chi connectivity index (χ1) is 14.1. The molecule has 0 saturated heterocycles. The van der Waals surface area contributed by atoms with E-state index < -0.39 is 11.9 Å². The van der Waals surface area contributed by atoms with Gasteiger partial charge in [-0.1, -0.05) is 18.2 Å². The Morgan fingerprint density at radius 3 is 2.55 bits per heavy atom. The first-order valence-corrected chi connectivity index (χ1v) is 8.93. The Morgan fingerprint density at radius 2 is 1.83 bits per heavy atom. The lowest BCUT2D eigenvalue weighted by molar-refractivity contribution is 0.0600. The summed E-state index contributed by atoms with van der Waals surface area (Å²) in [5.74, 6) is 0.182. The number of benzene rings is 2. The van der Waals surface area contributed by atoms with Crippen LogP contribution < -0.4 is 15.4 Å². The number of esters is 1. The second-order valence-electron chi connectivity index (χ2n) is 5.88. The zero-order chi connectivity index (χ0) is 20.6. The normalized spacial score (nSPS) is 10.1. The fraction of sp³-hybridized carbons (Fsp3) is 0.143. The quantitative estimate of drug-likeness (QED) is 0.592. The van der Waals surface area contributed by atoms with Crippen LogP contribution in [-0.2, 0) is 4.74 Å². The fourth-order valence-corrected chi connectivity index (χ4v) is 2.55. The average molecular weight is 392 g/mol. The van der Waals surface area contributed by atoms with Crippen LogP contribution in [0.5, 0.6) is 5.75 Å². The van der Waals surface area contributed by atoms with Crippen molar-refractivity contribution in [2.24, 2.45) is 0 Å². The Hall–Kier alpha value is -3.94. The topological polar surface area (TPSA) is 102 Å². The van der Waals surface area contributed by atoms with Crippen molar-refractivity contribution in [1.82, 2.24) is 10.2 Å². The molecule has 2 N–H and O–H groups in total. The lowest BCUT2D eigenvalue weighted by Gasteiger charge is -2.11. The van der Waals surface area contributed by atoms with Crippen molar-refractivity contribution >= 4 is 29.1 Å². The van der Waals surface area contributed by atoms with E-state index in [-0.39, 0.29) is 5.69 Å². The number of aromatic nitrogens is 2. The van der Waals surface area contributed by atoms with Gasteiger partial charge in [0.1, 0.15) is 5.75 Å². The van der Waals surface area contributed by atoms with Gasteiger partial charge in [-0.05, 0) is 49.4 Å². The minimum atomic E-state index is -0.431. The molecule has 0 aliphatic carbocycles. The Bertz CT molecular complexity index is 1010. The maximum Gasteiger partial charge on any atom is 0.337 e. The van der Waals surface area contributed by atoms with Gasteiger partial charge >= 0.3 is 5.97 Å². The van der Waals surface area contributed by atoms with Gasteiger partial charge < -0.3 is 20.1 Å². The van der Waals surface area contributed by atoms with Crippen molar-refractivity contribution < 1.29 is 19.1 Å². The van der Waals surface area contributed by atoms with Gasteiger partial charge in [0, 0.05) is 5.69 Å². The molecule has 3 aromatic rings. The zero-order valence-corrected chi connectivity index (χ0v) is 16.0. The molecule has 1 heterocycles. The fourth-order valence-electron chi connectivity index (χ4n) is 2.55. The molecule has 148 valence electrons. The highest BCUT2D eigenvalue weighted by atomic mass is 16.5. The minimum Gasteiger partial charge on any atom is -0.492 e. The van der Waals surface area contributed by atoms with Gasteiger partial charge in [-0.25, -0.2) is 4.79 Å². The summed E-state index contributed by atoms with van der Waals surface area (Å²) in [6.45, 7) is 2.36. The summed E-state index contributed by atoms with van der Waals surface area (Å²) >= 11 is 0. The molecule has 0 radical (unpaired) electrons. The second kappa shape index (κ2) is 9.32. The van der Waals surface area contributed by atoms with Gasteiger partial charge in [0.2, 0.25) is 0 Å². The van der Waals surface area contributed by atoms with Crippen LogP contribution in [0.3, 0.4) is 0 Å². The van der Waals surface area contributed by atoms with Gasteiger partial charge in [0.25, 0.3) is 5.91 Å². The predicted molar refractivity (Wildman–Crippen MR) is 109 cm³/mol. The van der Waals surface area contributed by atoms with Crippen molar-refractivity contribution in [3.63, 3.8) is 0 Å². The van der Waals surface area contributed by atoms with Crippen LogP contribution in [0.25, 0.3) is 0 Å². The van der Waals surface area contributed by atoms with Gasteiger partial charge in [-0.3, -0.25) is 4.79 Å². The van der Waals surface area contributed by atoms with Gasteiger partial charge in [0.15, 0.2) is 11.5 Å². The molecule has 1 aromatic heterocycles. The molecule has 0 aliphatic rings. The third-order valence-corrected chi connectivity index (χ3v) is 3.89. The lowest BCUT2D eigenvalue weighted by atomic mass is 10.2. The smallest absolute Gasteiger partial charge is 0.337 e. The number of hydrogen-bond acceptors (Lipinski definition) is 7. The molecule has 0 atom stereocenters. The van der Waals surface area contributed by atoms with E-state index >= 15 is 0 Å². The van der Waals surface area contributed by atoms with Crippen LogP contribution in [0.1, 0.15) is 27.8 Å². The number of carbonyl (C=O) groups excluding carboxylic acids is 2. The molecule has 0 bridgehead atoms. The number of rotatable bonds is 7. The molecule has 8 heteroatoms. The third kappa shape index (κ3) is 5.07. The molecule has 0 spiro atoms. The van der Waals surface area contributed by atoms with E-state index in [2.05, 4.69) is 20.8 Å². The maximum atomic E-state index is 12.5.